The lowest BCUT2D eigenvalue weighted by atomic mass is 10.1. The highest BCUT2D eigenvalue weighted by Crippen LogP contribution is 2.31. The van der Waals surface area contributed by atoms with E-state index < -0.39 is 29.4 Å². The number of benzene rings is 2. The highest BCUT2D eigenvalue weighted by molar-refractivity contribution is 8.13. The van der Waals surface area contributed by atoms with Crippen LogP contribution in [0.3, 0.4) is 0 Å². The van der Waals surface area contributed by atoms with Crippen molar-refractivity contribution in [2.45, 2.75) is 11.3 Å². The minimum atomic E-state index is -0.858. The van der Waals surface area contributed by atoms with Gasteiger partial charge in [-0.15, -0.1) is 0 Å². The summed E-state index contributed by atoms with van der Waals surface area (Å²) in [6.45, 7) is -0.0147. The number of amides is 3. The van der Waals surface area contributed by atoms with Gasteiger partial charge in [-0.2, -0.15) is 0 Å². The number of hydrogen-bond donors (Lipinski definition) is 1. The molecule has 0 bridgehead atoms. The predicted octanol–water partition coefficient (Wildman–Crippen LogP) is 3.73. The fourth-order valence-electron chi connectivity index (χ4n) is 2.90. The SMILES string of the molecule is CN(C)C(=O)Sc1ccccc1NC(=O)C1CC(=O)N(c2ccc(F)cc2F)C1. The Balaban J connectivity index is 1.73. The molecule has 0 aromatic heterocycles. The van der Waals surface area contributed by atoms with Crippen molar-refractivity contribution in [1.29, 1.82) is 0 Å². The van der Waals surface area contributed by atoms with Gasteiger partial charge in [0.25, 0.3) is 5.24 Å². The number of hydrogen-bond acceptors (Lipinski definition) is 4. The first-order chi connectivity index (χ1) is 13.8. The smallest absolute Gasteiger partial charge is 0.286 e. The molecule has 9 heteroatoms. The summed E-state index contributed by atoms with van der Waals surface area (Å²) < 4.78 is 27.1. The molecular formula is C20H19F2N3O3S. The zero-order valence-corrected chi connectivity index (χ0v) is 16.6. The Morgan fingerprint density at radius 1 is 1.17 bits per heavy atom. The second-order valence-electron chi connectivity index (χ2n) is 6.75. The second-order valence-corrected chi connectivity index (χ2v) is 7.74. The van der Waals surface area contributed by atoms with E-state index in [0.29, 0.717) is 16.6 Å². The maximum Gasteiger partial charge on any atom is 0.286 e. The quantitative estimate of drug-likeness (QED) is 0.767. The standard InChI is InChI=1S/C20H19F2N3O3S/c1-24(2)20(28)29-17-6-4-3-5-15(17)23-19(27)12-9-18(26)25(11-12)16-8-7-13(21)10-14(16)22/h3-8,10,12H,9,11H2,1-2H3,(H,23,27). The first-order valence-corrected chi connectivity index (χ1v) is 9.62. The van der Waals surface area contributed by atoms with Crippen LogP contribution < -0.4 is 10.2 Å². The number of nitrogens with one attached hydrogen (secondary N) is 1. The first kappa shape index (κ1) is 20.8. The van der Waals surface area contributed by atoms with E-state index in [2.05, 4.69) is 5.32 Å². The second kappa shape index (κ2) is 8.60. The average Bonchev–Trinajstić information content (AvgIpc) is 3.05. The van der Waals surface area contributed by atoms with E-state index in [9.17, 15) is 23.2 Å². The Kier molecular flexibility index (Phi) is 6.17. The molecule has 29 heavy (non-hydrogen) atoms. The molecule has 1 unspecified atom stereocenters. The molecular weight excluding hydrogens is 400 g/mol. The van der Waals surface area contributed by atoms with Crippen molar-refractivity contribution in [2.75, 3.05) is 30.9 Å². The number of nitrogens with zero attached hydrogens (tertiary/aromatic N) is 2. The number of halogens is 2. The molecule has 2 aromatic rings. The van der Waals surface area contributed by atoms with Gasteiger partial charge >= 0.3 is 0 Å². The van der Waals surface area contributed by atoms with Crippen molar-refractivity contribution in [1.82, 2.24) is 4.90 Å². The summed E-state index contributed by atoms with van der Waals surface area (Å²) in [5.74, 6) is -3.12. The molecule has 0 saturated carbocycles. The molecule has 152 valence electrons. The lowest BCUT2D eigenvalue weighted by Crippen LogP contribution is -2.29. The Bertz CT molecular complexity index is 968. The van der Waals surface area contributed by atoms with Crippen molar-refractivity contribution < 1.29 is 23.2 Å². The monoisotopic (exact) mass is 419 g/mol. The minimum Gasteiger partial charge on any atom is -0.339 e. The van der Waals surface area contributed by atoms with Crippen LogP contribution in [-0.4, -0.2) is 42.6 Å². The van der Waals surface area contributed by atoms with Crippen LogP contribution >= 0.6 is 11.8 Å². The van der Waals surface area contributed by atoms with Crippen LogP contribution in [0, 0.1) is 17.6 Å². The lowest BCUT2D eigenvalue weighted by molar-refractivity contribution is -0.122. The summed E-state index contributed by atoms with van der Waals surface area (Å²) in [5.41, 5.74) is 0.399. The zero-order valence-electron chi connectivity index (χ0n) is 15.8. The lowest BCUT2D eigenvalue weighted by Gasteiger charge is -2.18. The van der Waals surface area contributed by atoms with Crippen LogP contribution in [0.2, 0.25) is 0 Å². The summed E-state index contributed by atoms with van der Waals surface area (Å²) in [4.78, 5) is 40.1. The maximum atomic E-state index is 14.0. The molecule has 3 rings (SSSR count). The van der Waals surface area contributed by atoms with Crippen molar-refractivity contribution >= 4 is 40.2 Å². The van der Waals surface area contributed by atoms with E-state index in [-0.39, 0.29) is 23.9 Å². The van der Waals surface area contributed by atoms with Gasteiger partial charge in [0.1, 0.15) is 11.6 Å². The van der Waals surface area contributed by atoms with Gasteiger partial charge in [-0.05, 0) is 36.0 Å². The number of anilines is 2. The molecule has 0 aliphatic carbocycles. The first-order valence-electron chi connectivity index (χ1n) is 8.80. The van der Waals surface area contributed by atoms with E-state index in [1.807, 2.05) is 0 Å². The summed E-state index contributed by atoms with van der Waals surface area (Å²) in [5, 5.41) is 2.56. The van der Waals surface area contributed by atoms with E-state index in [1.165, 1.54) is 11.0 Å². The summed E-state index contributed by atoms with van der Waals surface area (Å²) in [6.07, 6.45) is -0.0887. The van der Waals surface area contributed by atoms with E-state index in [0.717, 1.165) is 22.7 Å². The van der Waals surface area contributed by atoms with Gasteiger partial charge in [0.2, 0.25) is 11.8 Å². The summed E-state index contributed by atoms with van der Waals surface area (Å²) in [7, 11) is 3.26. The molecule has 1 N–H and O–H groups in total. The fraction of sp³-hybridized carbons (Fsp3) is 0.250. The normalized spacial score (nSPS) is 16.1. The largest absolute Gasteiger partial charge is 0.339 e. The number of thioether (sulfide) groups is 1. The van der Waals surface area contributed by atoms with E-state index in [4.69, 9.17) is 0 Å². The van der Waals surface area contributed by atoms with Gasteiger partial charge in [0, 0.05) is 38.0 Å². The van der Waals surface area contributed by atoms with Gasteiger partial charge in [-0.1, -0.05) is 12.1 Å². The highest BCUT2D eigenvalue weighted by atomic mass is 32.2. The van der Waals surface area contributed by atoms with Gasteiger partial charge in [0.05, 0.1) is 17.3 Å². The van der Waals surface area contributed by atoms with Crippen LogP contribution in [0.4, 0.5) is 25.0 Å². The molecule has 0 spiro atoms. The molecule has 1 heterocycles. The van der Waals surface area contributed by atoms with Crippen molar-refractivity contribution in [3.8, 4) is 0 Å². The van der Waals surface area contributed by atoms with E-state index in [1.54, 1.807) is 38.4 Å². The van der Waals surface area contributed by atoms with Gasteiger partial charge < -0.3 is 15.1 Å². The van der Waals surface area contributed by atoms with Crippen molar-refractivity contribution in [3.05, 3.63) is 54.1 Å². The number of carbonyl (C=O) groups is 3. The molecule has 2 aromatic carbocycles. The Morgan fingerprint density at radius 3 is 2.59 bits per heavy atom. The van der Waals surface area contributed by atoms with Crippen LogP contribution in [-0.2, 0) is 9.59 Å². The predicted molar refractivity (Wildman–Crippen MR) is 107 cm³/mol. The van der Waals surface area contributed by atoms with Crippen LogP contribution in [0.15, 0.2) is 47.4 Å². The Morgan fingerprint density at radius 2 is 1.90 bits per heavy atom. The van der Waals surface area contributed by atoms with Gasteiger partial charge in [-0.25, -0.2) is 8.78 Å². The molecule has 1 aliphatic rings. The third-order valence-corrected chi connectivity index (χ3v) is 5.52. The van der Waals surface area contributed by atoms with Crippen molar-refractivity contribution in [2.24, 2.45) is 5.92 Å². The van der Waals surface area contributed by atoms with Crippen LogP contribution in [0.5, 0.6) is 0 Å². The fourth-order valence-corrected chi connectivity index (χ4v) is 3.64. The van der Waals surface area contributed by atoms with Crippen LogP contribution in [0.25, 0.3) is 0 Å². The maximum absolute atomic E-state index is 14.0. The van der Waals surface area contributed by atoms with E-state index >= 15 is 0 Å². The van der Waals surface area contributed by atoms with Gasteiger partial charge in [0.15, 0.2) is 0 Å². The third-order valence-electron chi connectivity index (χ3n) is 4.40. The number of carbonyl (C=O) groups excluding carboxylic acids is 3. The topological polar surface area (TPSA) is 69.7 Å². The van der Waals surface area contributed by atoms with Gasteiger partial charge in [-0.3, -0.25) is 14.4 Å². The molecule has 1 fully saturated rings. The number of rotatable bonds is 4. The Labute approximate surface area is 170 Å². The molecule has 3 amide bonds. The molecule has 1 aliphatic heterocycles. The molecule has 6 nitrogen and oxygen atoms in total. The molecule has 1 saturated heterocycles. The zero-order chi connectivity index (χ0) is 21.1. The van der Waals surface area contributed by atoms with Crippen LogP contribution in [0.1, 0.15) is 6.42 Å². The van der Waals surface area contributed by atoms with Crippen molar-refractivity contribution in [3.63, 3.8) is 0 Å². The third kappa shape index (κ3) is 4.73. The average molecular weight is 419 g/mol. The molecule has 1 atom stereocenters. The minimum absolute atomic E-state index is 0.0147. The number of para-hydroxylation sites is 1. The Hall–Kier alpha value is -2.94. The summed E-state index contributed by atoms with van der Waals surface area (Å²) in [6, 6.07) is 9.79. The highest BCUT2D eigenvalue weighted by Gasteiger charge is 2.36. The molecule has 0 radical (unpaired) electrons. The summed E-state index contributed by atoms with van der Waals surface area (Å²) >= 11 is 0.974.